The van der Waals surface area contributed by atoms with Gasteiger partial charge in [0.25, 0.3) is 0 Å². The standard InChI is InChI=1S/C14H12N4OS/c1-18-14(15-16-17-18)20-9-13(19)12-8-4-6-10-5-2-3-7-11(10)12/h2-8H,9H2,1H3. The first kappa shape index (κ1) is 12.8. The largest absolute Gasteiger partial charge is 0.293 e. The number of hydrogen-bond acceptors (Lipinski definition) is 5. The van der Waals surface area contributed by atoms with Crippen molar-refractivity contribution in [2.24, 2.45) is 7.05 Å². The van der Waals surface area contributed by atoms with E-state index in [1.54, 1.807) is 11.7 Å². The van der Waals surface area contributed by atoms with E-state index in [1.807, 2.05) is 42.5 Å². The van der Waals surface area contributed by atoms with E-state index in [-0.39, 0.29) is 5.78 Å². The minimum Gasteiger partial charge on any atom is -0.293 e. The fourth-order valence-corrected chi connectivity index (χ4v) is 2.75. The van der Waals surface area contributed by atoms with E-state index >= 15 is 0 Å². The molecule has 0 aliphatic carbocycles. The van der Waals surface area contributed by atoms with Crippen LogP contribution in [0.3, 0.4) is 0 Å². The number of aryl methyl sites for hydroxylation is 1. The van der Waals surface area contributed by atoms with Gasteiger partial charge in [0.2, 0.25) is 5.16 Å². The summed E-state index contributed by atoms with van der Waals surface area (Å²) < 4.78 is 1.56. The van der Waals surface area contributed by atoms with Gasteiger partial charge in [-0.25, -0.2) is 4.68 Å². The summed E-state index contributed by atoms with van der Waals surface area (Å²) in [4.78, 5) is 12.4. The maximum Gasteiger partial charge on any atom is 0.209 e. The molecule has 2 aromatic carbocycles. The van der Waals surface area contributed by atoms with Gasteiger partial charge in [-0.1, -0.05) is 54.2 Å². The lowest BCUT2D eigenvalue weighted by Crippen LogP contribution is -2.04. The molecule has 0 amide bonds. The molecule has 0 unspecified atom stereocenters. The van der Waals surface area contributed by atoms with E-state index in [4.69, 9.17) is 0 Å². The number of ketones is 1. The number of thioether (sulfide) groups is 1. The summed E-state index contributed by atoms with van der Waals surface area (Å²) in [6.07, 6.45) is 0. The van der Waals surface area contributed by atoms with Crippen molar-refractivity contribution in [1.82, 2.24) is 20.2 Å². The summed E-state index contributed by atoms with van der Waals surface area (Å²) in [5.41, 5.74) is 0.741. The third-order valence-electron chi connectivity index (χ3n) is 3.00. The van der Waals surface area contributed by atoms with Crippen molar-refractivity contribution in [3.05, 3.63) is 48.0 Å². The monoisotopic (exact) mass is 284 g/mol. The third kappa shape index (κ3) is 2.42. The van der Waals surface area contributed by atoms with E-state index in [9.17, 15) is 4.79 Å². The first-order valence-electron chi connectivity index (χ1n) is 6.12. The van der Waals surface area contributed by atoms with Crippen LogP contribution in [0.1, 0.15) is 10.4 Å². The smallest absolute Gasteiger partial charge is 0.209 e. The zero-order chi connectivity index (χ0) is 13.9. The normalized spacial score (nSPS) is 10.8. The Morgan fingerprint density at radius 2 is 2.00 bits per heavy atom. The second-order valence-corrected chi connectivity index (χ2v) is 5.27. The van der Waals surface area contributed by atoms with E-state index < -0.39 is 0 Å². The number of carbonyl (C=O) groups is 1. The molecule has 0 fully saturated rings. The molecule has 0 aliphatic heterocycles. The number of nitrogens with zero attached hydrogens (tertiary/aromatic N) is 4. The fraction of sp³-hybridized carbons (Fsp3) is 0.143. The van der Waals surface area contributed by atoms with Crippen molar-refractivity contribution in [3.8, 4) is 0 Å². The minimum atomic E-state index is 0.0785. The predicted octanol–water partition coefficient (Wildman–Crippen LogP) is 2.34. The number of aromatic nitrogens is 4. The molecule has 100 valence electrons. The highest BCUT2D eigenvalue weighted by atomic mass is 32.2. The number of carbonyl (C=O) groups excluding carboxylic acids is 1. The van der Waals surface area contributed by atoms with Gasteiger partial charge >= 0.3 is 0 Å². The average molecular weight is 284 g/mol. The Bertz CT molecular complexity index is 763. The van der Waals surface area contributed by atoms with E-state index in [0.717, 1.165) is 16.3 Å². The van der Waals surface area contributed by atoms with Gasteiger partial charge in [-0.2, -0.15) is 0 Å². The van der Waals surface area contributed by atoms with Gasteiger partial charge in [0, 0.05) is 12.6 Å². The summed E-state index contributed by atoms with van der Waals surface area (Å²) in [5, 5.41) is 13.8. The molecule has 6 heteroatoms. The van der Waals surface area contributed by atoms with Crippen molar-refractivity contribution in [2.75, 3.05) is 5.75 Å². The maximum atomic E-state index is 12.4. The molecule has 0 bridgehead atoms. The highest BCUT2D eigenvalue weighted by Gasteiger charge is 2.12. The average Bonchev–Trinajstić information content (AvgIpc) is 2.89. The zero-order valence-electron chi connectivity index (χ0n) is 10.9. The van der Waals surface area contributed by atoms with Crippen LogP contribution >= 0.6 is 11.8 Å². The molecule has 3 rings (SSSR count). The molecule has 3 aromatic rings. The lowest BCUT2D eigenvalue weighted by Gasteiger charge is -2.05. The topological polar surface area (TPSA) is 60.7 Å². The molecule has 0 radical (unpaired) electrons. The number of benzene rings is 2. The van der Waals surface area contributed by atoms with Gasteiger partial charge in [-0.05, 0) is 21.2 Å². The zero-order valence-corrected chi connectivity index (χ0v) is 11.7. The van der Waals surface area contributed by atoms with Crippen LogP contribution < -0.4 is 0 Å². The first-order valence-corrected chi connectivity index (χ1v) is 7.10. The second-order valence-electron chi connectivity index (χ2n) is 4.32. The van der Waals surface area contributed by atoms with Crippen molar-refractivity contribution >= 4 is 28.3 Å². The predicted molar refractivity (Wildman–Crippen MR) is 77.8 cm³/mol. The number of rotatable bonds is 4. The Hall–Kier alpha value is -2.21. The molecule has 0 saturated heterocycles. The van der Waals surface area contributed by atoms with Crippen LogP contribution in [-0.2, 0) is 7.05 Å². The summed E-state index contributed by atoms with van der Waals surface area (Å²) in [6, 6.07) is 13.7. The molecule has 5 nitrogen and oxygen atoms in total. The molecule has 0 aliphatic rings. The Kier molecular flexibility index (Phi) is 3.47. The summed E-state index contributed by atoms with van der Waals surface area (Å²) in [5.74, 6) is 0.400. The molecule has 0 N–H and O–H groups in total. The fourth-order valence-electron chi connectivity index (χ4n) is 2.02. The van der Waals surface area contributed by atoms with Gasteiger partial charge in [0.05, 0.1) is 5.75 Å². The van der Waals surface area contributed by atoms with Crippen LogP contribution in [0.2, 0.25) is 0 Å². The van der Waals surface area contributed by atoms with Crippen molar-refractivity contribution < 1.29 is 4.79 Å². The van der Waals surface area contributed by atoms with Crippen LogP contribution in [-0.4, -0.2) is 31.7 Å². The maximum absolute atomic E-state index is 12.4. The van der Waals surface area contributed by atoms with E-state index in [2.05, 4.69) is 15.5 Å². The quantitative estimate of drug-likeness (QED) is 0.543. The highest BCUT2D eigenvalue weighted by molar-refractivity contribution is 7.99. The molecule has 1 heterocycles. The van der Waals surface area contributed by atoms with Crippen LogP contribution in [0.25, 0.3) is 10.8 Å². The van der Waals surface area contributed by atoms with Crippen LogP contribution in [0.5, 0.6) is 0 Å². The van der Waals surface area contributed by atoms with Gasteiger partial charge in [-0.15, -0.1) is 5.10 Å². The number of Topliss-reactive ketones (excluding diaryl/α,β-unsaturated/α-hetero) is 1. The first-order chi connectivity index (χ1) is 9.75. The van der Waals surface area contributed by atoms with Crippen LogP contribution in [0.15, 0.2) is 47.6 Å². The van der Waals surface area contributed by atoms with Gasteiger partial charge < -0.3 is 0 Å². The van der Waals surface area contributed by atoms with Crippen molar-refractivity contribution in [2.45, 2.75) is 5.16 Å². The van der Waals surface area contributed by atoms with E-state index in [1.165, 1.54) is 11.8 Å². The lowest BCUT2D eigenvalue weighted by atomic mass is 10.0. The van der Waals surface area contributed by atoms with Gasteiger partial charge in [-0.3, -0.25) is 4.79 Å². The van der Waals surface area contributed by atoms with Gasteiger partial charge in [0.1, 0.15) is 0 Å². The molecule has 0 atom stereocenters. The Balaban J connectivity index is 1.84. The van der Waals surface area contributed by atoms with Gasteiger partial charge in [0.15, 0.2) is 5.78 Å². The highest BCUT2D eigenvalue weighted by Crippen LogP contribution is 2.21. The summed E-state index contributed by atoms with van der Waals surface area (Å²) >= 11 is 1.34. The number of fused-ring (bicyclic) bond motifs is 1. The Morgan fingerprint density at radius 3 is 2.80 bits per heavy atom. The molecule has 0 spiro atoms. The Morgan fingerprint density at radius 1 is 1.20 bits per heavy atom. The molecular weight excluding hydrogens is 272 g/mol. The van der Waals surface area contributed by atoms with Crippen LogP contribution in [0.4, 0.5) is 0 Å². The SMILES string of the molecule is Cn1nnnc1SCC(=O)c1cccc2ccccc12. The number of tetrazole rings is 1. The third-order valence-corrected chi connectivity index (χ3v) is 4.01. The number of hydrogen-bond donors (Lipinski definition) is 0. The van der Waals surface area contributed by atoms with E-state index in [0.29, 0.717) is 10.9 Å². The Labute approximate surface area is 120 Å². The van der Waals surface area contributed by atoms with Crippen molar-refractivity contribution in [1.29, 1.82) is 0 Å². The summed E-state index contributed by atoms with van der Waals surface area (Å²) in [6.45, 7) is 0. The second kappa shape index (κ2) is 5.42. The lowest BCUT2D eigenvalue weighted by molar-refractivity contribution is 0.102. The minimum absolute atomic E-state index is 0.0785. The molecular formula is C14H12N4OS. The molecule has 20 heavy (non-hydrogen) atoms. The molecule has 1 aromatic heterocycles. The molecule has 0 saturated carbocycles. The van der Waals surface area contributed by atoms with Crippen molar-refractivity contribution in [3.63, 3.8) is 0 Å². The summed E-state index contributed by atoms with van der Waals surface area (Å²) in [7, 11) is 1.75. The van der Waals surface area contributed by atoms with Crippen LogP contribution in [0, 0.1) is 0 Å².